The highest BCUT2D eigenvalue weighted by atomic mass is 32.2. The van der Waals surface area contributed by atoms with Gasteiger partial charge >= 0.3 is 0 Å². The zero-order valence-corrected chi connectivity index (χ0v) is 62.0. The molecule has 6 amide bonds. The molecular formula is C85H63F3N6O15S3. The van der Waals surface area contributed by atoms with Crippen molar-refractivity contribution in [3.63, 3.8) is 0 Å². The van der Waals surface area contributed by atoms with E-state index < -0.39 is 101 Å². The van der Waals surface area contributed by atoms with Gasteiger partial charge < -0.3 is 29.6 Å². The molecule has 0 aliphatic heterocycles. The number of fused-ring (bicyclic) bond motifs is 3. The van der Waals surface area contributed by atoms with Gasteiger partial charge in [0.2, 0.25) is 10.0 Å². The average Bonchev–Trinajstić information content (AvgIpc) is 1.61. The van der Waals surface area contributed by atoms with E-state index in [9.17, 15) is 48.8 Å². The van der Waals surface area contributed by atoms with Crippen LogP contribution in [-0.2, 0) is 43.2 Å². The molecule has 0 aliphatic carbocycles. The summed E-state index contributed by atoms with van der Waals surface area (Å²) in [6, 6.07) is 59.5. The van der Waals surface area contributed by atoms with Crippen LogP contribution >= 0.6 is 0 Å². The van der Waals surface area contributed by atoms with Crippen LogP contribution in [0.1, 0.15) is 94.0 Å². The predicted molar refractivity (Wildman–Crippen MR) is 415 cm³/mol. The van der Waals surface area contributed by atoms with Gasteiger partial charge in [-0.1, -0.05) is 91.0 Å². The molecule has 0 spiro atoms. The van der Waals surface area contributed by atoms with Gasteiger partial charge in [0.1, 0.15) is 51.5 Å². The van der Waals surface area contributed by atoms with Crippen molar-refractivity contribution in [1.82, 2.24) is 24.4 Å². The standard InChI is InChI=1S/C85H63F3N6O15S3/c1-85(2,3)112(105,106)93-81(97)56-18-12-15-50(39-56)52-26-35-70-67(43-52)73(79(89)95)77(108-70)65-33-31-61(87)41-58(65)46-91-83(99)75-69-45-53(49-14-11-17-55(38-49)80(96)92-110(101,102)63-20-7-5-8-21-63)28-37-72(69)109-78(75)66-34-32-62(88)42-59(66)47-90-82(98)74-68-44-54(27-36-71(68)107-76(74)48-24-29-60(86)30-25-48)51-16-13-19-57(40-51)84(100)94(4)111(103,104)64-22-9-6-10-23-64/h5-45H,46-47H2,1-4H3,(H2,89,95)(H,90,98)(H,91,99)(H,92,96)(H,93,97). The Hall–Kier alpha value is -13.5. The van der Waals surface area contributed by atoms with Gasteiger partial charge in [0.25, 0.3) is 55.5 Å². The summed E-state index contributed by atoms with van der Waals surface area (Å²) < 4.78 is 149. The molecule has 0 aliphatic rings. The first-order valence-electron chi connectivity index (χ1n) is 34.4. The maximum absolute atomic E-state index is 16.0. The molecule has 14 aromatic rings. The number of hydrogen-bond acceptors (Lipinski definition) is 15. The van der Waals surface area contributed by atoms with Crippen molar-refractivity contribution in [3.8, 4) is 67.4 Å². The van der Waals surface area contributed by atoms with Crippen molar-refractivity contribution in [2.24, 2.45) is 5.73 Å². The number of halogens is 3. The monoisotopic (exact) mass is 1560 g/mol. The minimum Gasteiger partial charge on any atom is -0.455 e. The van der Waals surface area contributed by atoms with Crippen molar-refractivity contribution in [1.29, 1.82) is 0 Å². The molecule has 21 nitrogen and oxygen atoms in total. The van der Waals surface area contributed by atoms with Crippen LogP contribution in [0.3, 0.4) is 0 Å². The second-order valence-corrected chi connectivity index (χ2v) is 33.1. The highest BCUT2D eigenvalue weighted by Crippen LogP contribution is 2.42. The van der Waals surface area contributed by atoms with Crippen molar-refractivity contribution in [2.75, 3.05) is 7.05 Å². The summed E-state index contributed by atoms with van der Waals surface area (Å²) in [5.41, 5.74) is 9.22. The van der Waals surface area contributed by atoms with E-state index in [4.69, 9.17) is 19.0 Å². The molecule has 0 saturated carbocycles. The summed E-state index contributed by atoms with van der Waals surface area (Å²) in [6.45, 7) is 3.34. The molecule has 14 rings (SSSR count). The molecule has 6 N–H and O–H groups in total. The van der Waals surface area contributed by atoms with Crippen LogP contribution in [0.5, 0.6) is 0 Å². The summed E-state index contributed by atoms with van der Waals surface area (Å²) in [5.74, 6) is -7.74. The summed E-state index contributed by atoms with van der Waals surface area (Å²) in [4.78, 5) is 85.2. The lowest BCUT2D eigenvalue weighted by atomic mass is 9.96. The van der Waals surface area contributed by atoms with E-state index >= 15 is 18.4 Å². The third kappa shape index (κ3) is 15.0. The zero-order chi connectivity index (χ0) is 79.3. The third-order valence-corrected chi connectivity index (χ3v) is 23.9. The van der Waals surface area contributed by atoms with Crippen molar-refractivity contribution in [2.45, 2.75) is 48.4 Å². The summed E-state index contributed by atoms with van der Waals surface area (Å²) in [5, 5.41) is 6.30. The van der Waals surface area contributed by atoms with Crippen LogP contribution in [-0.4, -0.2) is 76.8 Å². The normalized spacial score (nSPS) is 11.9. The topological polar surface area (TPSA) is 322 Å². The van der Waals surface area contributed by atoms with Crippen LogP contribution in [0, 0.1) is 17.5 Å². The van der Waals surface area contributed by atoms with Gasteiger partial charge in [0.15, 0.2) is 0 Å². The number of benzene rings is 11. The molecule has 0 radical (unpaired) electrons. The average molecular weight is 1560 g/mol. The summed E-state index contributed by atoms with van der Waals surface area (Å²) in [7, 11) is -11.5. The Morgan fingerprint density at radius 1 is 0.393 bits per heavy atom. The molecule has 0 bridgehead atoms. The Morgan fingerprint density at radius 2 is 0.777 bits per heavy atom. The fraction of sp³-hybridized carbons (Fsp3) is 0.0824. The van der Waals surface area contributed by atoms with Gasteiger partial charge in [0.05, 0.1) is 31.2 Å². The molecule has 562 valence electrons. The zero-order valence-electron chi connectivity index (χ0n) is 59.6. The summed E-state index contributed by atoms with van der Waals surface area (Å²) in [6.07, 6.45) is 0. The number of nitrogens with zero attached hydrogens (tertiary/aromatic N) is 1. The Bertz CT molecular complexity index is 6580. The third-order valence-electron chi connectivity index (χ3n) is 18.7. The van der Waals surface area contributed by atoms with Crippen LogP contribution in [0.2, 0.25) is 0 Å². The largest absolute Gasteiger partial charge is 0.455 e. The summed E-state index contributed by atoms with van der Waals surface area (Å²) >= 11 is 0. The lowest BCUT2D eigenvalue weighted by molar-refractivity contribution is 0.0880. The Kier molecular flexibility index (Phi) is 20.1. The fourth-order valence-electron chi connectivity index (χ4n) is 12.8. The number of carbonyl (C=O) groups is 6. The smallest absolute Gasteiger partial charge is 0.267 e. The quantitative estimate of drug-likeness (QED) is 0.0446. The van der Waals surface area contributed by atoms with E-state index in [1.807, 2.05) is 0 Å². The van der Waals surface area contributed by atoms with Gasteiger partial charge in [-0.3, -0.25) is 28.8 Å². The predicted octanol–water partition coefficient (Wildman–Crippen LogP) is 15.7. The minimum atomic E-state index is -4.32. The number of amides is 6. The Morgan fingerprint density at radius 3 is 1.24 bits per heavy atom. The number of primary amides is 1. The number of hydrogen-bond donors (Lipinski definition) is 5. The highest BCUT2D eigenvalue weighted by Gasteiger charge is 2.34. The molecule has 0 atom stereocenters. The van der Waals surface area contributed by atoms with E-state index in [2.05, 4.69) is 20.1 Å². The maximum atomic E-state index is 16.0. The number of carbonyl (C=O) groups excluding carboxylic acids is 6. The van der Waals surface area contributed by atoms with Crippen molar-refractivity contribution in [3.05, 3.63) is 311 Å². The van der Waals surface area contributed by atoms with Gasteiger partial charge in [-0.25, -0.2) is 52.2 Å². The lowest BCUT2D eigenvalue weighted by Crippen LogP contribution is -2.42. The van der Waals surface area contributed by atoms with E-state index in [-0.39, 0.29) is 121 Å². The van der Waals surface area contributed by atoms with Crippen LogP contribution in [0.25, 0.3) is 100 Å². The second kappa shape index (κ2) is 29.8. The molecule has 0 unspecified atom stereocenters. The number of rotatable bonds is 21. The highest BCUT2D eigenvalue weighted by molar-refractivity contribution is 7.91. The molecule has 3 heterocycles. The van der Waals surface area contributed by atoms with E-state index in [1.165, 1.54) is 154 Å². The minimum absolute atomic E-state index is 0.00124. The van der Waals surface area contributed by atoms with Crippen LogP contribution in [0.15, 0.2) is 272 Å². The number of nitrogens with two attached hydrogens (primary N) is 1. The van der Waals surface area contributed by atoms with Crippen molar-refractivity contribution >= 4 is 98.4 Å². The first-order chi connectivity index (χ1) is 53.4. The lowest BCUT2D eigenvalue weighted by Gasteiger charge is -2.19. The van der Waals surface area contributed by atoms with E-state index in [0.29, 0.717) is 37.7 Å². The first-order valence-corrected chi connectivity index (χ1v) is 38.8. The second-order valence-electron chi connectivity index (χ2n) is 27.0. The van der Waals surface area contributed by atoms with E-state index in [1.54, 1.807) is 91.0 Å². The maximum Gasteiger partial charge on any atom is 0.267 e. The van der Waals surface area contributed by atoms with Crippen LogP contribution in [0.4, 0.5) is 13.2 Å². The van der Waals surface area contributed by atoms with E-state index in [0.717, 1.165) is 31.3 Å². The number of nitrogens with one attached hydrogen (secondary N) is 4. The van der Waals surface area contributed by atoms with Gasteiger partial charge in [-0.05, 0) is 223 Å². The Labute approximate surface area is 638 Å². The number of sulfonamides is 3. The molecule has 0 saturated heterocycles. The fourth-order valence-corrected chi connectivity index (χ4v) is 15.6. The van der Waals surface area contributed by atoms with Crippen LogP contribution < -0.4 is 25.8 Å². The molecular weight excluding hydrogens is 1500 g/mol. The van der Waals surface area contributed by atoms with Gasteiger partial charge in [-0.15, -0.1) is 0 Å². The SMILES string of the molecule is CN(C(=O)c1cccc(-c2ccc3oc(-c4ccc(F)cc4)c(C(=O)NCc4cc(F)ccc4-c4oc5ccc(-c6cccc(C(=O)NS(=O)(=O)c7ccccc7)c6)cc5c4C(=O)NCc4cc(F)ccc4-c4oc5ccc(-c6cccc(C(=O)NS(=O)(=O)C(C)(C)C)c6)cc5c4C(N)=O)c3c2)c1)S(=O)(=O)c1ccccc1. The van der Waals surface area contributed by atoms with Gasteiger partial charge in [0, 0.05) is 69.7 Å². The van der Waals surface area contributed by atoms with Gasteiger partial charge in [-0.2, -0.15) is 0 Å². The van der Waals surface area contributed by atoms with Crippen molar-refractivity contribution < 1.29 is 80.4 Å². The molecule has 112 heavy (non-hydrogen) atoms. The molecule has 3 aromatic heterocycles. The molecule has 27 heteroatoms. The molecule has 0 fully saturated rings. The first kappa shape index (κ1) is 75.3. The molecule has 11 aromatic carbocycles. The number of furan rings is 3. The Balaban J connectivity index is 0.823.